The summed E-state index contributed by atoms with van der Waals surface area (Å²) in [6.07, 6.45) is 1.74. The van der Waals surface area contributed by atoms with Crippen molar-refractivity contribution in [2.45, 2.75) is 6.42 Å². The Balaban J connectivity index is 2.01. The van der Waals surface area contributed by atoms with Crippen molar-refractivity contribution >= 4 is 11.6 Å². The lowest BCUT2D eigenvalue weighted by molar-refractivity contribution is 0.415. The third kappa shape index (κ3) is 3.31. The summed E-state index contributed by atoms with van der Waals surface area (Å²) >= 11 is 0. The molecule has 0 atom stereocenters. The molecule has 0 bridgehead atoms. The Morgan fingerprint density at radius 1 is 1.20 bits per heavy atom. The van der Waals surface area contributed by atoms with E-state index in [-0.39, 0.29) is 5.82 Å². The molecule has 0 saturated carbocycles. The van der Waals surface area contributed by atoms with Gasteiger partial charge in [-0.1, -0.05) is 0 Å². The molecule has 1 aromatic carbocycles. The highest BCUT2D eigenvalue weighted by Crippen LogP contribution is 2.26. The van der Waals surface area contributed by atoms with Gasteiger partial charge in [0, 0.05) is 12.6 Å². The Kier molecular flexibility index (Phi) is 4.29. The number of nitrogens with one attached hydrogen (secondary N) is 1. The summed E-state index contributed by atoms with van der Waals surface area (Å²) in [6, 6.07) is 3.41. The van der Waals surface area contributed by atoms with E-state index in [4.69, 9.17) is 10.5 Å². The maximum absolute atomic E-state index is 13.0. The average molecular weight is 280 g/mol. The predicted molar refractivity (Wildman–Crippen MR) is 71.5 cm³/mol. The summed E-state index contributed by atoms with van der Waals surface area (Å²) in [4.78, 5) is 7.80. The zero-order valence-corrected chi connectivity index (χ0v) is 10.9. The Labute approximate surface area is 114 Å². The molecule has 0 fully saturated rings. The highest BCUT2D eigenvalue weighted by Gasteiger charge is 2.09. The molecule has 0 aliphatic rings. The molecule has 0 amide bonds. The number of rotatable bonds is 5. The number of hydrogen-bond donors (Lipinski definition) is 2. The molecule has 0 aliphatic heterocycles. The molecule has 0 radical (unpaired) electrons. The first-order valence-corrected chi connectivity index (χ1v) is 5.93. The van der Waals surface area contributed by atoms with Crippen LogP contribution in [-0.2, 0) is 6.42 Å². The Morgan fingerprint density at radius 2 is 1.90 bits per heavy atom. The molecule has 2 rings (SSSR count). The molecule has 3 N–H and O–H groups in total. The maximum atomic E-state index is 13.0. The first-order chi connectivity index (χ1) is 9.60. The zero-order chi connectivity index (χ0) is 14.5. The summed E-state index contributed by atoms with van der Waals surface area (Å²) in [5, 5.41) is 2.99. The van der Waals surface area contributed by atoms with Crippen molar-refractivity contribution in [3.8, 4) is 5.75 Å². The molecular formula is C13H14F2N4O. The highest BCUT2D eigenvalue weighted by atomic mass is 19.1. The molecule has 0 unspecified atom stereocenters. The van der Waals surface area contributed by atoms with Crippen molar-refractivity contribution in [1.82, 2.24) is 9.97 Å². The average Bonchev–Trinajstić information content (AvgIpc) is 2.38. The van der Waals surface area contributed by atoms with Crippen LogP contribution in [0, 0.1) is 11.6 Å². The van der Waals surface area contributed by atoms with Gasteiger partial charge in [-0.05, 0) is 24.1 Å². The van der Waals surface area contributed by atoms with E-state index in [1.54, 1.807) is 0 Å². The fourth-order valence-electron chi connectivity index (χ4n) is 1.80. The lowest BCUT2D eigenvalue weighted by Crippen LogP contribution is -2.09. The van der Waals surface area contributed by atoms with E-state index in [0.717, 1.165) is 6.07 Å². The van der Waals surface area contributed by atoms with Gasteiger partial charge in [-0.2, -0.15) is 0 Å². The minimum Gasteiger partial charge on any atom is -0.490 e. The molecule has 0 saturated heterocycles. The van der Waals surface area contributed by atoms with E-state index in [1.807, 2.05) is 0 Å². The number of hydrogen-bond acceptors (Lipinski definition) is 5. The standard InChI is InChI=1S/C13H14F2N4O/c1-20-11-12(16)18-7-19-13(11)17-3-2-8-4-9(14)6-10(15)5-8/h4-7H,2-3H2,1H3,(H3,16,17,18,19). The normalized spacial score (nSPS) is 10.3. The van der Waals surface area contributed by atoms with Gasteiger partial charge < -0.3 is 15.8 Å². The van der Waals surface area contributed by atoms with Crippen LogP contribution >= 0.6 is 0 Å². The van der Waals surface area contributed by atoms with E-state index >= 15 is 0 Å². The van der Waals surface area contributed by atoms with Crippen molar-refractivity contribution < 1.29 is 13.5 Å². The highest BCUT2D eigenvalue weighted by molar-refractivity contribution is 5.61. The minimum atomic E-state index is -0.594. The van der Waals surface area contributed by atoms with E-state index in [9.17, 15) is 8.78 Å². The van der Waals surface area contributed by atoms with Crippen LogP contribution in [0.1, 0.15) is 5.56 Å². The van der Waals surface area contributed by atoms with Gasteiger partial charge in [-0.15, -0.1) is 0 Å². The molecule has 1 aromatic heterocycles. The number of ether oxygens (including phenoxy) is 1. The third-order valence-corrected chi connectivity index (χ3v) is 2.66. The number of halogens is 2. The molecule has 2 aromatic rings. The van der Waals surface area contributed by atoms with E-state index < -0.39 is 11.6 Å². The van der Waals surface area contributed by atoms with E-state index in [1.165, 1.54) is 25.6 Å². The maximum Gasteiger partial charge on any atom is 0.203 e. The van der Waals surface area contributed by atoms with Gasteiger partial charge in [0.15, 0.2) is 11.6 Å². The van der Waals surface area contributed by atoms with Gasteiger partial charge >= 0.3 is 0 Å². The number of nitrogen functional groups attached to an aromatic ring is 1. The van der Waals surface area contributed by atoms with Crippen LogP contribution in [0.2, 0.25) is 0 Å². The van der Waals surface area contributed by atoms with Gasteiger partial charge in [0.2, 0.25) is 5.75 Å². The van der Waals surface area contributed by atoms with Crippen molar-refractivity contribution in [1.29, 1.82) is 0 Å². The lowest BCUT2D eigenvalue weighted by atomic mass is 10.1. The van der Waals surface area contributed by atoms with Crippen LogP contribution in [0.15, 0.2) is 24.5 Å². The second-order valence-electron chi connectivity index (χ2n) is 4.10. The van der Waals surface area contributed by atoms with Gasteiger partial charge in [0.05, 0.1) is 7.11 Å². The summed E-state index contributed by atoms with van der Waals surface area (Å²) in [7, 11) is 1.46. The fraction of sp³-hybridized carbons (Fsp3) is 0.231. The van der Waals surface area contributed by atoms with Crippen LogP contribution in [-0.4, -0.2) is 23.6 Å². The number of methoxy groups -OCH3 is 1. The molecule has 5 nitrogen and oxygen atoms in total. The smallest absolute Gasteiger partial charge is 0.203 e. The summed E-state index contributed by atoms with van der Waals surface area (Å²) < 4.78 is 31.1. The number of aromatic nitrogens is 2. The Hall–Kier alpha value is -2.44. The van der Waals surface area contributed by atoms with Gasteiger partial charge in [0.1, 0.15) is 18.0 Å². The Bertz CT molecular complexity index is 587. The number of anilines is 2. The van der Waals surface area contributed by atoms with E-state index in [2.05, 4.69) is 15.3 Å². The molecule has 0 spiro atoms. The number of benzene rings is 1. The molecule has 1 heterocycles. The van der Waals surface area contributed by atoms with Crippen molar-refractivity contribution in [2.75, 3.05) is 24.7 Å². The minimum absolute atomic E-state index is 0.224. The quantitative estimate of drug-likeness (QED) is 0.876. The SMILES string of the molecule is COc1c(N)ncnc1NCCc1cc(F)cc(F)c1. The monoisotopic (exact) mass is 280 g/mol. The molecule has 106 valence electrons. The predicted octanol–water partition coefficient (Wildman–Crippen LogP) is 2.00. The zero-order valence-electron chi connectivity index (χ0n) is 10.9. The van der Waals surface area contributed by atoms with Crippen molar-refractivity contribution in [2.24, 2.45) is 0 Å². The largest absolute Gasteiger partial charge is 0.490 e. The second kappa shape index (κ2) is 6.14. The second-order valence-corrected chi connectivity index (χ2v) is 4.10. The summed E-state index contributed by atoms with van der Waals surface area (Å²) in [6.45, 7) is 0.426. The van der Waals surface area contributed by atoms with Gasteiger partial charge in [-0.25, -0.2) is 18.7 Å². The topological polar surface area (TPSA) is 73.1 Å². The van der Waals surface area contributed by atoms with Crippen LogP contribution in [0.3, 0.4) is 0 Å². The van der Waals surface area contributed by atoms with Crippen LogP contribution in [0.25, 0.3) is 0 Å². The van der Waals surface area contributed by atoms with Gasteiger partial charge in [-0.3, -0.25) is 0 Å². The lowest BCUT2D eigenvalue weighted by Gasteiger charge is -2.11. The summed E-state index contributed by atoms with van der Waals surface area (Å²) in [5.74, 6) is -0.177. The number of nitrogens with two attached hydrogens (primary N) is 1. The van der Waals surface area contributed by atoms with Crippen molar-refractivity contribution in [3.05, 3.63) is 41.7 Å². The first-order valence-electron chi connectivity index (χ1n) is 5.93. The number of nitrogens with zero attached hydrogens (tertiary/aromatic N) is 2. The molecule has 20 heavy (non-hydrogen) atoms. The Morgan fingerprint density at radius 3 is 2.55 bits per heavy atom. The van der Waals surface area contributed by atoms with Crippen LogP contribution < -0.4 is 15.8 Å². The van der Waals surface area contributed by atoms with Crippen LogP contribution in [0.5, 0.6) is 5.75 Å². The third-order valence-electron chi connectivity index (χ3n) is 2.66. The fourth-order valence-corrected chi connectivity index (χ4v) is 1.80. The molecule has 7 heteroatoms. The summed E-state index contributed by atoms with van der Waals surface area (Å²) in [5.41, 5.74) is 6.19. The first kappa shape index (κ1) is 14.0. The van der Waals surface area contributed by atoms with Gasteiger partial charge in [0.25, 0.3) is 0 Å². The van der Waals surface area contributed by atoms with Crippen molar-refractivity contribution in [3.63, 3.8) is 0 Å². The van der Waals surface area contributed by atoms with Crippen LogP contribution in [0.4, 0.5) is 20.4 Å². The molecule has 0 aliphatic carbocycles. The molecular weight excluding hydrogens is 266 g/mol. The van der Waals surface area contributed by atoms with E-state index in [0.29, 0.717) is 30.1 Å².